The Labute approximate surface area is 138 Å². The van der Waals surface area contributed by atoms with Crippen LogP contribution in [0.25, 0.3) is 0 Å². The van der Waals surface area contributed by atoms with Gasteiger partial charge in [0.2, 0.25) is 0 Å². The number of nitrogens with one attached hydrogen (secondary N) is 1. The largest absolute Gasteiger partial charge is 0.310 e. The monoisotopic (exact) mass is 349 g/mol. The number of hydrogen-bond donors (Lipinski definition) is 1. The average molecular weight is 350 g/mol. The van der Waals surface area contributed by atoms with Gasteiger partial charge in [0, 0.05) is 17.1 Å². The van der Waals surface area contributed by atoms with Crippen molar-refractivity contribution in [2.75, 3.05) is 0 Å². The summed E-state index contributed by atoms with van der Waals surface area (Å²) in [7, 11) is 0. The van der Waals surface area contributed by atoms with Crippen molar-refractivity contribution in [3.63, 3.8) is 0 Å². The first-order valence-electron chi connectivity index (χ1n) is 8.81. The van der Waals surface area contributed by atoms with Crippen LogP contribution >= 0.6 is 15.9 Å². The highest BCUT2D eigenvalue weighted by Crippen LogP contribution is 2.38. The third-order valence-corrected chi connectivity index (χ3v) is 6.09. The number of rotatable bonds is 4. The van der Waals surface area contributed by atoms with Crippen LogP contribution < -0.4 is 5.32 Å². The lowest BCUT2D eigenvalue weighted by atomic mass is 9.71. The Morgan fingerprint density at radius 1 is 0.857 bits per heavy atom. The molecule has 1 aromatic carbocycles. The van der Waals surface area contributed by atoms with E-state index < -0.39 is 0 Å². The van der Waals surface area contributed by atoms with Gasteiger partial charge < -0.3 is 5.32 Å². The molecule has 1 aromatic rings. The summed E-state index contributed by atoms with van der Waals surface area (Å²) in [5, 5.41) is 3.89. The van der Waals surface area contributed by atoms with E-state index in [-0.39, 0.29) is 0 Å². The molecule has 0 saturated heterocycles. The first kappa shape index (κ1) is 15.6. The summed E-state index contributed by atoms with van der Waals surface area (Å²) in [6, 6.07) is 9.52. The summed E-state index contributed by atoms with van der Waals surface area (Å²) in [6.45, 7) is 1.03. The summed E-state index contributed by atoms with van der Waals surface area (Å²) in [6.07, 6.45) is 13.1. The first-order valence-corrected chi connectivity index (χ1v) is 9.60. The Morgan fingerprint density at radius 2 is 1.52 bits per heavy atom. The highest BCUT2D eigenvalue weighted by atomic mass is 79.9. The molecule has 1 N–H and O–H groups in total. The zero-order valence-electron chi connectivity index (χ0n) is 13.0. The van der Waals surface area contributed by atoms with Crippen LogP contribution in [0.3, 0.4) is 0 Å². The first-order chi connectivity index (χ1) is 10.3. The smallest absolute Gasteiger partial charge is 0.0208 e. The Hall–Kier alpha value is -0.340. The van der Waals surface area contributed by atoms with Gasteiger partial charge in [-0.2, -0.15) is 0 Å². The molecule has 1 nitrogen and oxygen atoms in total. The molecule has 0 aromatic heterocycles. The highest BCUT2D eigenvalue weighted by Gasteiger charge is 2.31. The molecule has 3 rings (SSSR count). The maximum atomic E-state index is 3.89. The van der Waals surface area contributed by atoms with Crippen molar-refractivity contribution >= 4 is 15.9 Å². The van der Waals surface area contributed by atoms with Crippen LogP contribution in [0.5, 0.6) is 0 Å². The van der Waals surface area contributed by atoms with Gasteiger partial charge in [-0.25, -0.2) is 0 Å². The maximum Gasteiger partial charge on any atom is 0.0208 e. The van der Waals surface area contributed by atoms with Gasteiger partial charge in [0.1, 0.15) is 0 Å². The Balaban J connectivity index is 1.57. The molecule has 2 heteroatoms. The summed E-state index contributed by atoms with van der Waals surface area (Å²) in [4.78, 5) is 0. The lowest BCUT2D eigenvalue weighted by molar-refractivity contribution is 0.149. The second kappa shape index (κ2) is 7.78. The summed E-state index contributed by atoms with van der Waals surface area (Å²) >= 11 is 3.51. The molecule has 2 fully saturated rings. The molecule has 0 amide bonds. The Kier molecular flexibility index (Phi) is 5.76. The SMILES string of the molecule is Brc1ccc(CNC2CCCCC2C2CCCCC2)cc1. The van der Waals surface area contributed by atoms with Crippen LogP contribution in [-0.2, 0) is 6.54 Å². The molecule has 2 unspecified atom stereocenters. The van der Waals surface area contributed by atoms with Gasteiger partial charge in [-0.15, -0.1) is 0 Å². The van der Waals surface area contributed by atoms with Crippen LogP contribution in [0, 0.1) is 11.8 Å². The van der Waals surface area contributed by atoms with Crippen molar-refractivity contribution in [2.45, 2.75) is 70.4 Å². The van der Waals surface area contributed by atoms with Crippen molar-refractivity contribution in [1.29, 1.82) is 0 Å². The second-order valence-electron chi connectivity index (χ2n) is 6.96. The quantitative estimate of drug-likeness (QED) is 0.737. The zero-order valence-corrected chi connectivity index (χ0v) is 14.6. The molecule has 2 aliphatic rings. The predicted molar refractivity (Wildman–Crippen MR) is 93.3 cm³/mol. The number of hydrogen-bond acceptors (Lipinski definition) is 1. The summed E-state index contributed by atoms with van der Waals surface area (Å²) in [5.41, 5.74) is 1.41. The molecule has 2 atom stereocenters. The van der Waals surface area contributed by atoms with Crippen molar-refractivity contribution < 1.29 is 0 Å². The van der Waals surface area contributed by atoms with Crippen LogP contribution in [0.2, 0.25) is 0 Å². The van der Waals surface area contributed by atoms with Crippen LogP contribution in [0.15, 0.2) is 28.7 Å². The molecule has 0 aliphatic heterocycles. The molecule has 0 spiro atoms. The van der Waals surface area contributed by atoms with Gasteiger partial charge in [0.15, 0.2) is 0 Å². The summed E-state index contributed by atoms with van der Waals surface area (Å²) in [5.74, 6) is 1.94. The van der Waals surface area contributed by atoms with Crippen molar-refractivity contribution in [1.82, 2.24) is 5.32 Å². The van der Waals surface area contributed by atoms with E-state index in [2.05, 4.69) is 45.5 Å². The second-order valence-corrected chi connectivity index (χ2v) is 7.88. The van der Waals surface area contributed by atoms with Crippen molar-refractivity contribution in [2.24, 2.45) is 11.8 Å². The standard InChI is InChI=1S/C19H28BrN/c20-17-12-10-15(11-13-17)14-21-19-9-5-4-8-18(19)16-6-2-1-3-7-16/h10-13,16,18-19,21H,1-9,14H2. The van der Waals surface area contributed by atoms with Gasteiger partial charge in [0.05, 0.1) is 0 Å². The molecule has 0 heterocycles. The van der Waals surface area contributed by atoms with Gasteiger partial charge in [-0.1, -0.05) is 73.0 Å². The number of benzene rings is 1. The third-order valence-electron chi connectivity index (χ3n) is 5.56. The van der Waals surface area contributed by atoms with Crippen LogP contribution in [0.4, 0.5) is 0 Å². The highest BCUT2D eigenvalue weighted by molar-refractivity contribution is 9.10. The molecule has 116 valence electrons. The lowest BCUT2D eigenvalue weighted by Crippen LogP contribution is -2.42. The minimum atomic E-state index is 0.755. The van der Waals surface area contributed by atoms with Crippen molar-refractivity contribution in [3.05, 3.63) is 34.3 Å². The molecule has 21 heavy (non-hydrogen) atoms. The van der Waals surface area contributed by atoms with E-state index in [0.717, 1.165) is 24.4 Å². The minimum Gasteiger partial charge on any atom is -0.310 e. The Morgan fingerprint density at radius 3 is 2.29 bits per heavy atom. The summed E-state index contributed by atoms with van der Waals surface area (Å²) < 4.78 is 1.17. The van der Waals surface area contributed by atoms with Gasteiger partial charge in [0.25, 0.3) is 0 Å². The molecule has 0 bridgehead atoms. The van der Waals surface area contributed by atoms with Gasteiger partial charge in [-0.05, 0) is 42.4 Å². The van der Waals surface area contributed by atoms with E-state index in [1.54, 1.807) is 0 Å². The maximum absolute atomic E-state index is 3.89. The Bertz CT molecular complexity index is 422. The van der Waals surface area contributed by atoms with Crippen LogP contribution in [0.1, 0.15) is 63.4 Å². The minimum absolute atomic E-state index is 0.755. The lowest BCUT2D eigenvalue weighted by Gasteiger charge is -2.39. The fourth-order valence-electron chi connectivity index (χ4n) is 4.39. The van der Waals surface area contributed by atoms with E-state index in [4.69, 9.17) is 0 Å². The van der Waals surface area contributed by atoms with E-state index in [1.165, 1.54) is 67.8 Å². The van der Waals surface area contributed by atoms with E-state index in [0.29, 0.717) is 0 Å². The number of halogens is 1. The van der Waals surface area contributed by atoms with Gasteiger partial charge in [-0.3, -0.25) is 0 Å². The molecule has 0 radical (unpaired) electrons. The predicted octanol–water partition coefficient (Wildman–Crippen LogP) is 5.68. The van der Waals surface area contributed by atoms with Crippen molar-refractivity contribution in [3.8, 4) is 0 Å². The van der Waals surface area contributed by atoms with E-state index in [1.807, 2.05) is 0 Å². The van der Waals surface area contributed by atoms with Gasteiger partial charge >= 0.3 is 0 Å². The molecule has 2 aliphatic carbocycles. The topological polar surface area (TPSA) is 12.0 Å². The van der Waals surface area contributed by atoms with E-state index >= 15 is 0 Å². The van der Waals surface area contributed by atoms with E-state index in [9.17, 15) is 0 Å². The molecular formula is C19H28BrN. The fourth-order valence-corrected chi connectivity index (χ4v) is 4.66. The van der Waals surface area contributed by atoms with Crippen LogP contribution in [-0.4, -0.2) is 6.04 Å². The molecular weight excluding hydrogens is 322 g/mol. The average Bonchev–Trinajstić information content (AvgIpc) is 2.55. The normalized spacial score (nSPS) is 27.7. The fraction of sp³-hybridized carbons (Fsp3) is 0.684. The molecule has 2 saturated carbocycles. The third kappa shape index (κ3) is 4.32. The zero-order chi connectivity index (χ0) is 14.5.